The molecular formula is C23H35N3O4. The van der Waals surface area contributed by atoms with Gasteiger partial charge >= 0.3 is 6.09 Å². The monoisotopic (exact) mass is 417 g/mol. The Kier molecular flexibility index (Phi) is 10.2. The highest BCUT2D eigenvalue weighted by atomic mass is 16.5. The zero-order valence-electron chi connectivity index (χ0n) is 18.1. The number of hydrogen-bond donors (Lipinski definition) is 3. The van der Waals surface area contributed by atoms with Crippen LogP contribution in [0.2, 0.25) is 0 Å². The maximum Gasteiger partial charge on any atom is 0.408 e. The van der Waals surface area contributed by atoms with Crippen LogP contribution in [0.3, 0.4) is 0 Å². The average molecular weight is 418 g/mol. The summed E-state index contributed by atoms with van der Waals surface area (Å²) in [5, 5.41) is 8.39. The van der Waals surface area contributed by atoms with Crippen molar-refractivity contribution in [3.63, 3.8) is 0 Å². The van der Waals surface area contributed by atoms with Gasteiger partial charge in [0.25, 0.3) is 0 Å². The number of alkyl carbamates (subject to hydrolysis) is 1. The minimum atomic E-state index is -0.688. The van der Waals surface area contributed by atoms with Crippen molar-refractivity contribution in [3.8, 4) is 0 Å². The molecule has 1 fully saturated rings. The summed E-state index contributed by atoms with van der Waals surface area (Å²) < 4.78 is 5.24. The van der Waals surface area contributed by atoms with Crippen molar-refractivity contribution in [2.75, 3.05) is 13.1 Å². The molecule has 1 aromatic rings. The molecule has 3 amide bonds. The highest BCUT2D eigenvalue weighted by Gasteiger charge is 2.26. The van der Waals surface area contributed by atoms with Crippen molar-refractivity contribution in [1.29, 1.82) is 0 Å². The molecule has 166 valence electrons. The molecule has 30 heavy (non-hydrogen) atoms. The number of carbonyl (C=O) groups excluding carboxylic acids is 3. The molecule has 0 aliphatic heterocycles. The third-order valence-corrected chi connectivity index (χ3v) is 5.68. The molecule has 0 bridgehead atoms. The lowest BCUT2D eigenvalue weighted by Gasteiger charge is -2.24. The van der Waals surface area contributed by atoms with E-state index in [1.807, 2.05) is 44.2 Å². The molecule has 7 nitrogen and oxygen atoms in total. The second kappa shape index (κ2) is 12.9. The first-order valence-electron chi connectivity index (χ1n) is 11.0. The summed E-state index contributed by atoms with van der Waals surface area (Å²) in [6.07, 6.45) is 5.43. The van der Waals surface area contributed by atoms with Gasteiger partial charge in [-0.2, -0.15) is 0 Å². The maximum absolute atomic E-state index is 12.6. The average Bonchev–Trinajstić information content (AvgIpc) is 2.79. The summed E-state index contributed by atoms with van der Waals surface area (Å²) in [6.45, 7) is 4.73. The quantitative estimate of drug-likeness (QED) is 0.510. The first-order valence-corrected chi connectivity index (χ1v) is 11.0. The Morgan fingerprint density at radius 2 is 1.70 bits per heavy atom. The number of rotatable bonds is 10. The van der Waals surface area contributed by atoms with Crippen LogP contribution in [0.1, 0.15) is 57.9 Å². The third-order valence-electron chi connectivity index (χ3n) is 5.68. The van der Waals surface area contributed by atoms with Crippen molar-refractivity contribution in [2.24, 2.45) is 11.8 Å². The molecule has 0 spiro atoms. The highest BCUT2D eigenvalue weighted by molar-refractivity contribution is 5.86. The number of nitrogens with one attached hydrogen (secondary N) is 3. The van der Waals surface area contributed by atoms with E-state index in [0.29, 0.717) is 13.1 Å². The van der Waals surface area contributed by atoms with Crippen molar-refractivity contribution in [1.82, 2.24) is 16.0 Å². The zero-order valence-corrected chi connectivity index (χ0v) is 18.1. The Hall–Kier alpha value is -2.57. The summed E-state index contributed by atoms with van der Waals surface area (Å²) in [5.74, 6) is -0.146. The van der Waals surface area contributed by atoms with Crippen LogP contribution in [0.15, 0.2) is 30.3 Å². The largest absolute Gasteiger partial charge is 0.445 e. The Labute approximate surface area is 179 Å². The Bertz CT molecular complexity index is 674. The minimum absolute atomic E-state index is 0.0499. The molecule has 1 aliphatic rings. The summed E-state index contributed by atoms with van der Waals surface area (Å²) in [7, 11) is 0. The van der Waals surface area contributed by atoms with Crippen LogP contribution in [0.4, 0.5) is 4.79 Å². The third kappa shape index (κ3) is 8.05. The lowest BCUT2D eigenvalue weighted by molar-refractivity contribution is -0.127. The molecule has 0 heterocycles. The van der Waals surface area contributed by atoms with Crippen LogP contribution in [-0.4, -0.2) is 37.0 Å². The summed E-state index contributed by atoms with van der Waals surface area (Å²) in [6, 6.07) is 8.69. The second-order valence-corrected chi connectivity index (χ2v) is 7.99. The molecule has 1 saturated carbocycles. The molecule has 1 aromatic carbocycles. The van der Waals surface area contributed by atoms with E-state index in [9.17, 15) is 14.4 Å². The fourth-order valence-corrected chi connectivity index (χ4v) is 3.58. The van der Waals surface area contributed by atoms with Crippen LogP contribution < -0.4 is 16.0 Å². The first-order chi connectivity index (χ1) is 14.5. The van der Waals surface area contributed by atoms with Crippen molar-refractivity contribution < 1.29 is 19.1 Å². The van der Waals surface area contributed by atoms with Gasteiger partial charge in [0, 0.05) is 19.0 Å². The molecule has 7 heteroatoms. The normalized spacial score (nSPS) is 16.2. The van der Waals surface area contributed by atoms with Crippen LogP contribution in [0.5, 0.6) is 0 Å². The van der Waals surface area contributed by atoms with Gasteiger partial charge in [0.1, 0.15) is 12.6 Å². The zero-order chi connectivity index (χ0) is 21.8. The number of carbonyl (C=O) groups is 3. The van der Waals surface area contributed by atoms with E-state index in [4.69, 9.17) is 4.74 Å². The lowest BCUT2D eigenvalue weighted by Crippen LogP contribution is -2.51. The molecule has 0 saturated heterocycles. The predicted octanol–water partition coefficient (Wildman–Crippen LogP) is 3.14. The molecule has 3 N–H and O–H groups in total. The van der Waals surface area contributed by atoms with Crippen molar-refractivity contribution >= 4 is 17.9 Å². The number of benzene rings is 1. The summed E-state index contributed by atoms with van der Waals surface area (Å²) in [4.78, 5) is 36.9. The summed E-state index contributed by atoms with van der Waals surface area (Å²) in [5.41, 5.74) is 0.880. The SMILES string of the molecule is CC[C@H](C)[C@H](NC(=O)OCc1ccccc1)C(=O)NCCNC(=O)C1CCCCC1. The van der Waals surface area contributed by atoms with E-state index < -0.39 is 12.1 Å². The maximum atomic E-state index is 12.6. The fourth-order valence-electron chi connectivity index (χ4n) is 3.58. The van der Waals surface area contributed by atoms with Gasteiger partial charge in [-0.25, -0.2) is 4.79 Å². The molecule has 2 atom stereocenters. The second-order valence-electron chi connectivity index (χ2n) is 7.99. The Morgan fingerprint density at radius 1 is 1.03 bits per heavy atom. The van der Waals surface area contributed by atoms with Crippen LogP contribution in [0, 0.1) is 11.8 Å². The van der Waals surface area contributed by atoms with Crippen LogP contribution >= 0.6 is 0 Å². The molecule has 1 aliphatic carbocycles. The topological polar surface area (TPSA) is 96.5 Å². The molecule has 0 aromatic heterocycles. The highest BCUT2D eigenvalue weighted by Crippen LogP contribution is 2.23. The fraction of sp³-hybridized carbons (Fsp3) is 0.609. The van der Waals surface area contributed by atoms with E-state index in [-0.39, 0.29) is 30.3 Å². The van der Waals surface area contributed by atoms with Gasteiger partial charge in [-0.05, 0) is 24.3 Å². The molecule has 0 unspecified atom stereocenters. The number of hydrogen-bond acceptors (Lipinski definition) is 4. The molecule has 0 radical (unpaired) electrons. The van der Waals surface area contributed by atoms with Crippen LogP contribution in [-0.2, 0) is 20.9 Å². The van der Waals surface area contributed by atoms with Gasteiger partial charge in [-0.1, -0.05) is 69.9 Å². The van der Waals surface area contributed by atoms with E-state index in [0.717, 1.165) is 37.7 Å². The number of ether oxygens (including phenoxy) is 1. The summed E-state index contributed by atoms with van der Waals surface area (Å²) >= 11 is 0. The van der Waals surface area contributed by atoms with Crippen molar-refractivity contribution in [2.45, 2.75) is 65.0 Å². The van der Waals surface area contributed by atoms with Crippen LogP contribution in [0.25, 0.3) is 0 Å². The van der Waals surface area contributed by atoms with Gasteiger partial charge < -0.3 is 20.7 Å². The Balaban J connectivity index is 1.74. The Morgan fingerprint density at radius 3 is 2.37 bits per heavy atom. The number of amides is 3. The van der Waals surface area contributed by atoms with E-state index in [1.54, 1.807) is 0 Å². The van der Waals surface area contributed by atoms with E-state index in [2.05, 4.69) is 16.0 Å². The lowest BCUT2D eigenvalue weighted by atomic mass is 9.89. The van der Waals surface area contributed by atoms with Gasteiger partial charge in [-0.3, -0.25) is 9.59 Å². The minimum Gasteiger partial charge on any atom is -0.445 e. The van der Waals surface area contributed by atoms with Gasteiger partial charge in [0.2, 0.25) is 11.8 Å². The van der Waals surface area contributed by atoms with Gasteiger partial charge in [0.15, 0.2) is 0 Å². The first kappa shape index (κ1) is 23.7. The van der Waals surface area contributed by atoms with E-state index in [1.165, 1.54) is 6.42 Å². The smallest absolute Gasteiger partial charge is 0.408 e. The predicted molar refractivity (Wildman–Crippen MR) is 116 cm³/mol. The van der Waals surface area contributed by atoms with Gasteiger partial charge in [-0.15, -0.1) is 0 Å². The van der Waals surface area contributed by atoms with Crippen molar-refractivity contribution in [3.05, 3.63) is 35.9 Å². The van der Waals surface area contributed by atoms with Gasteiger partial charge in [0.05, 0.1) is 0 Å². The molecule has 2 rings (SSSR count). The van der Waals surface area contributed by atoms with E-state index >= 15 is 0 Å². The molecular weight excluding hydrogens is 382 g/mol. The standard InChI is InChI=1S/C23H35N3O4/c1-3-17(2)20(26-23(29)30-16-18-10-6-4-7-11-18)22(28)25-15-14-24-21(27)19-12-8-5-9-13-19/h4,6-7,10-11,17,19-20H,3,5,8-9,12-16H2,1-2H3,(H,24,27)(H,25,28)(H,26,29)/t17-,20-/m0/s1.